The third kappa shape index (κ3) is 4.11. The highest BCUT2D eigenvalue weighted by atomic mass is 15.2. The maximum atomic E-state index is 5.75. The van der Waals surface area contributed by atoms with Crippen molar-refractivity contribution in [2.24, 2.45) is 17.2 Å². The number of aryl methyl sites for hydroxylation is 2. The summed E-state index contributed by atoms with van der Waals surface area (Å²) in [5.74, 6) is 6.36. The predicted octanol–water partition coefficient (Wildman–Crippen LogP) is 3.88. The van der Waals surface area contributed by atoms with Crippen LogP contribution in [0.4, 0.5) is 0 Å². The topological polar surface area (TPSA) is 38.0 Å². The number of benzene rings is 1. The maximum Gasteiger partial charge on any atom is 0.0462 e. The van der Waals surface area contributed by atoms with Crippen molar-refractivity contribution in [1.82, 2.24) is 5.43 Å². The van der Waals surface area contributed by atoms with Crippen LogP contribution in [-0.2, 0) is 0 Å². The Labute approximate surface area is 112 Å². The van der Waals surface area contributed by atoms with Gasteiger partial charge in [0.2, 0.25) is 0 Å². The van der Waals surface area contributed by atoms with Gasteiger partial charge in [0.1, 0.15) is 0 Å². The summed E-state index contributed by atoms with van der Waals surface area (Å²) in [5, 5.41) is 0. The summed E-state index contributed by atoms with van der Waals surface area (Å²) >= 11 is 0. The monoisotopic (exact) mass is 248 g/mol. The molecule has 0 aliphatic rings. The van der Waals surface area contributed by atoms with Crippen molar-refractivity contribution < 1.29 is 0 Å². The lowest BCUT2D eigenvalue weighted by Crippen LogP contribution is -2.32. The molecule has 0 heterocycles. The third-order valence-corrected chi connectivity index (χ3v) is 3.92. The van der Waals surface area contributed by atoms with Gasteiger partial charge in [0.15, 0.2) is 0 Å². The molecule has 2 atom stereocenters. The number of nitrogens with two attached hydrogens (primary N) is 1. The zero-order valence-corrected chi connectivity index (χ0v) is 12.7. The second-order valence-corrected chi connectivity index (χ2v) is 6.64. The summed E-state index contributed by atoms with van der Waals surface area (Å²) in [7, 11) is 0. The molecule has 1 aromatic carbocycles. The Bertz CT molecular complexity index is 370. The maximum absolute atomic E-state index is 5.75. The van der Waals surface area contributed by atoms with E-state index in [0.29, 0.717) is 11.3 Å². The van der Waals surface area contributed by atoms with Gasteiger partial charge >= 0.3 is 0 Å². The van der Waals surface area contributed by atoms with E-state index in [4.69, 9.17) is 5.84 Å². The highest BCUT2D eigenvalue weighted by molar-refractivity contribution is 5.30. The number of hydrogen-bond acceptors (Lipinski definition) is 2. The first kappa shape index (κ1) is 15.2. The fourth-order valence-electron chi connectivity index (χ4n) is 2.22. The van der Waals surface area contributed by atoms with Gasteiger partial charge in [-0.05, 0) is 37.2 Å². The molecule has 0 saturated carbocycles. The Hall–Kier alpha value is -0.860. The molecule has 0 bridgehead atoms. The van der Waals surface area contributed by atoms with Gasteiger partial charge in [-0.15, -0.1) is 0 Å². The molecular weight excluding hydrogens is 220 g/mol. The van der Waals surface area contributed by atoms with E-state index in [1.807, 2.05) is 0 Å². The number of rotatable bonds is 4. The number of nitrogens with one attached hydrogen (secondary N) is 1. The lowest BCUT2D eigenvalue weighted by atomic mass is 9.77. The highest BCUT2D eigenvalue weighted by Gasteiger charge is 2.24. The third-order valence-electron chi connectivity index (χ3n) is 3.92. The molecule has 0 aromatic heterocycles. The van der Waals surface area contributed by atoms with Crippen LogP contribution >= 0.6 is 0 Å². The van der Waals surface area contributed by atoms with Gasteiger partial charge in [-0.2, -0.15) is 0 Å². The van der Waals surface area contributed by atoms with Crippen LogP contribution in [0.15, 0.2) is 18.2 Å². The molecule has 1 rings (SSSR count). The van der Waals surface area contributed by atoms with Crippen LogP contribution in [0.5, 0.6) is 0 Å². The van der Waals surface area contributed by atoms with Crippen LogP contribution in [0.1, 0.15) is 56.8 Å². The molecule has 2 heteroatoms. The normalized spacial score (nSPS) is 15.5. The molecule has 2 nitrogen and oxygen atoms in total. The van der Waals surface area contributed by atoms with Gasteiger partial charge in [0.25, 0.3) is 0 Å². The summed E-state index contributed by atoms with van der Waals surface area (Å²) in [6.45, 7) is 13.4. The highest BCUT2D eigenvalue weighted by Crippen LogP contribution is 2.33. The fourth-order valence-corrected chi connectivity index (χ4v) is 2.22. The second-order valence-electron chi connectivity index (χ2n) is 6.64. The molecule has 18 heavy (non-hydrogen) atoms. The fraction of sp³-hybridized carbons (Fsp3) is 0.625. The summed E-state index contributed by atoms with van der Waals surface area (Å²) < 4.78 is 0. The molecular formula is C16H28N2. The molecule has 0 fully saturated rings. The van der Waals surface area contributed by atoms with Crippen LogP contribution in [0.25, 0.3) is 0 Å². The molecule has 1 aromatic rings. The van der Waals surface area contributed by atoms with Crippen LogP contribution in [0.3, 0.4) is 0 Å². The van der Waals surface area contributed by atoms with E-state index in [2.05, 4.69) is 65.2 Å². The first-order valence-electron chi connectivity index (χ1n) is 6.78. The molecule has 0 aliphatic carbocycles. The average molecular weight is 248 g/mol. The van der Waals surface area contributed by atoms with E-state index in [9.17, 15) is 0 Å². The predicted molar refractivity (Wildman–Crippen MR) is 79.2 cm³/mol. The lowest BCUT2D eigenvalue weighted by Gasteiger charge is -2.31. The lowest BCUT2D eigenvalue weighted by molar-refractivity contribution is 0.223. The van der Waals surface area contributed by atoms with Gasteiger partial charge in [0, 0.05) is 6.04 Å². The van der Waals surface area contributed by atoms with E-state index < -0.39 is 0 Å². The Morgan fingerprint density at radius 1 is 1.11 bits per heavy atom. The Morgan fingerprint density at radius 2 is 1.61 bits per heavy atom. The van der Waals surface area contributed by atoms with Crippen molar-refractivity contribution >= 4 is 0 Å². The van der Waals surface area contributed by atoms with Gasteiger partial charge in [0.05, 0.1) is 0 Å². The molecule has 0 radical (unpaired) electrons. The van der Waals surface area contributed by atoms with Crippen molar-refractivity contribution in [3.8, 4) is 0 Å². The molecule has 3 N–H and O–H groups in total. The largest absolute Gasteiger partial charge is 0.271 e. The molecule has 102 valence electrons. The summed E-state index contributed by atoms with van der Waals surface area (Å²) in [4.78, 5) is 0. The van der Waals surface area contributed by atoms with E-state index in [0.717, 1.165) is 6.42 Å². The van der Waals surface area contributed by atoms with Crippen molar-refractivity contribution in [2.45, 2.75) is 54.0 Å². The van der Waals surface area contributed by atoms with E-state index in [-0.39, 0.29) is 6.04 Å². The number of hydrazine groups is 1. The molecule has 0 spiro atoms. The minimum Gasteiger partial charge on any atom is -0.271 e. The smallest absolute Gasteiger partial charge is 0.0462 e. The Morgan fingerprint density at radius 3 is 2.00 bits per heavy atom. The Kier molecular flexibility index (Phi) is 4.94. The van der Waals surface area contributed by atoms with Crippen molar-refractivity contribution in [1.29, 1.82) is 0 Å². The first-order valence-corrected chi connectivity index (χ1v) is 6.78. The standard InChI is InChI=1S/C16H28N2/c1-11-7-12(2)9-14(8-11)15(18-17)10-13(3)16(4,5)6/h7-9,13,15,18H,10,17H2,1-6H3. The van der Waals surface area contributed by atoms with Crippen LogP contribution in [0.2, 0.25) is 0 Å². The quantitative estimate of drug-likeness (QED) is 0.627. The second kappa shape index (κ2) is 5.85. The van der Waals surface area contributed by atoms with E-state index >= 15 is 0 Å². The minimum atomic E-state index is 0.234. The summed E-state index contributed by atoms with van der Waals surface area (Å²) in [6, 6.07) is 6.89. The number of hydrogen-bond donors (Lipinski definition) is 2. The van der Waals surface area contributed by atoms with Crippen molar-refractivity contribution in [3.63, 3.8) is 0 Å². The van der Waals surface area contributed by atoms with Gasteiger partial charge in [-0.3, -0.25) is 11.3 Å². The molecule has 0 aliphatic heterocycles. The zero-order valence-electron chi connectivity index (χ0n) is 12.7. The minimum absolute atomic E-state index is 0.234. The molecule has 0 saturated heterocycles. The SMILES string of the molecule is Cc1cc(C)cc(C(CC(C)C(C)(C)C)NN)c1. The summed E-state index contributed by atoms with van der Waals surface area (Å²) in [6.07, 6.45) is 1.06. The van der Waals surface area contributed by atoms with E-state index in [1.54, 1.807) is 0 Å². The first-order chi connectivity index (χ1) is 8.24. The van der Waals surface area contributed by atoms with Crippen LogP contribution in [0, 0.1) is 25.2 Å². The summed E-state index contributed by atoms with van der Waals surface area (Å²) in [5.41, 5.74) is 7.19. The van der Waals surface area contributed by atoms with Gasteiger partial charge in [-0.25, -0.2) is 0 Å². The molecule has 0 amide bonds. The van der Waals surface area contributed by atoms with Crippen LogP contribution in [-0.4, -0.2) is 0 Å². The molecule has 2 unspecified atom stereocenters. The van der Waals surface area contributed by atoms with E-state index in [1.165, 1.54) is 16.7 Å². The van der Waals surface area contributed by atoms with Crippen molar-refractivity contribution in [2.75, 3.05) is 0 Å². The van der Waals surface area contributed by atoms with Gasteiger partial charge in [-0.1, -0.05) is 57.0 Å². The van der Waals surface area contributed by atoms with Gasteiger partial charge < -0.3 is 0 Å². The zero-order chi connectivity index (χ0) is 13.9. The average Bonchev–Trinajstić information content (AvgIpc) is 2.22. The van der Waals surface area contributed by atoms with Crippen LogP contribution < -0.4 is 11.3 Å². The van der Waals surface area contributed by atoms with Crippen molar-refractivity contribution in [3.05, 3.63) is 34.9 Å². The Balaban J connectivity index is 2.89.